The summed E-state index contributed by atoms with van der Waals surface area (Å²) in [6.07, 6.45) is 5.12. The lowest BCUT2D eigenvalue weighted by Gasteiger charge is -2.41. The summed E-state index contributed by atoms with van der Waals surface area (Å²) in [4.78, 5) is 26.6. The Labute approximate surface area is 155 Å². The summed E-state index contributed by atoms with van der Waals surface area (Å²) in [6.45, 7) is 1.09. The van der Waals surface area contributed by atoms with E-state index in [1.165, 1.54) is 12.7 Å². The Morgan fingerprint density at radius 2 is 1.88 bits per heavy atom. The minimum atomic E-state index is -0.954. The van der Waals surface area contributed by atoms with E-state index in [1.54, 1.807) is 4.90 Å². The molecule has 1 atom stereocenters. The topological polar surface area (TPSA) is 66.8 Å². The van der Waals surface area contributed by atoms with Crippen molar-refractivity contribution in [2.75, 3.05) is 26.8 Å². The second-order valence-corrected chi connectivity index (χ2v) is 7.84. The van der Waals surface area contributed by atoms with Crippen LogP contribution in [-0.2, 0) is 14.3 Å². The molecule has 1 aromatic carbocycles. The molecule has 0 aromatic heterocycles. The van der Waals surface area contributed by atoms with E-state index in [4.69, 9.17) is 4.74 Å². The van der Waals surface area contributed by atoms with Gasteiger partial charge in [-0.15, -0.1) is 0 Å². The van der Waals surface area contributed by atoms with Gasteiger partial charge in [-0.25, -0.2) is 0 Å². The average Bonchev–Trinajstić information content (AvgIpc) is 2.68. The molecule has 0 radical (unpaired) electrons. The molecule has 1 saturated heterocycles. The summed E-state index contributed by atoms with van der Waals surface area (Å²) in [5.74, 6) is -0.155. The number of rotatable bonds is 5. The van der Waals surface area contributed by atoms with Crippen LogP contribution in [0.15, 0.2) is 30.3 Å². The molecule has 5 heteroatoms. The van der Waals surface area contributed by atoms with Gasteiger partial charge in [-0.2, -0.15) is 0 Å². The number of carboxylic acid groups (broad SMARTS) is 1. The van der Waals surface area contributed by atoms with Crippen LogP contribution < -0.4 is 0 Å². The molecule has 1 saturated carbocycles. The number of methoxy groups -OCH3 is 1. The first-order valence-corrected chi connectivity index (χ1v) is 9.62. The second-order valence-electron chi connectivity index (χ2n) is 7.84. The Bertz CT molecular complexity index is 620. The first-order valence-electron chi connectivity index (χ1n) is 9.62. The van der Waals surface area contributed by atoms with Gasteiger partial charge in [-0.3, -0.25) is 9.59 Å². The monoisotopic (exact) mass is 359 g/mol. The highest BCUT2D eigenvalue weighted by atomic mass is 16.5. The van der Waals surface area contributed by atoms with E-state index in [1.807, 2.05) is 6.07 Å². The van der Waals surface area contributed by atoms with E-state index in [2.05, 4.69) is 24.3 Å². The van der Waals surface area contributed by atoms with Crippen LogP contribution in [0.3, 0.4) is 0 Å². The Morgan fingerprint density at radius 3 is 2.50 bits per heavy atom. The van der Waals surface area contributed by atoms with Crippen molar-refractivity contribution in [3.05, 3.63) is 35.9 Å². The number of aliphatic carboxylic acids is 1. The molecule has 1 N–H and O–H groups in total. The third kappa shape index (κ3) is 3.93. The highest BCUT2D eigenvalue weighted by molar-refractivity contribution is 5.81. The van der Waals surface area contributed by atoms with Crippen LogP contribution in [0, 0.1) is 11.3 Å². The van der Waals surface area contributed by atoms with Crippen molar-refractivity contribution < 1.29 is 19.4 Å². The minimum Gasteiger partial charge on any atom is -0.481 e. The standard InChI is InChI=1S/C21H29NO4/c1-26-15-21(20(24)25)12-5-13-22(14-21)19(23)18-10-8-17(9-11-18)16-6-3-2-4-7-16/h2-4,6-7,17-18H,5,8-15H2,1H3,(H,24,25). The number of piperidine rings is 1. The molecule has 0 bridgehead atoms. The summed E-state index contributed by atoms with van der Waals surface area (Å²) in [6, 6.07) is 10.5. The molecule has 1 heterocycles. The largest absolute Gasteiger partial charge is 0.481 e. The van der Waals surface area contributed by atoms with Gasteiger partial charge < -0.3 is 14.7 Å². The van der Waals surface area contributed by atoms with Gasteiger partial charge >= 0.3 is 5.97 Å². The highest BCUT2D eigenvalue weighted by Crippen LogP contribution is 2.38. The van der Waals surface area contributed by atoms with E-state index < -0.39 is 11.4 Å². The number of carbonyl (C=O) groups is 2. The SMILES string of the molecule is COCC1(C(=O)O)CCCN(C(=O)C2CCC(c3ccccc3)CC2)C1. The lowest BCUT2D eigenvalue weighted by molar-refractivity contribution is -0.160. The molecule has 1 aromatic rings. The van der Waals surface area contributed by atoms with Crippen molar-refractivity contribution in [3.8, 4) is 0 Å². The van der Waals surface area contributed by atoms with E-state index in [0.29, 0.717) is 18.9 Å². The minimum absolute atomic E-state index is 0.0297. The van der Waals surface area contributed by atoms with Crippen molar-refractivity contribution in [1.29, 1.82) is 0 Å². The molecule has 142 valence electrons. The zero-order chi connectivity index (χ0) is 18.6. The van der Waals surface area contributed by atoms with Gasteiger partial charge in [0.05, 0.1) is 6.61 Å². The zero-order valence-electron chi connectivity index (χ0n) is 15.5. The molecule has 26 heavy (non-hydrogen) atoms. The van der Waals surface area contributed by atoms with E-state index in [0.717, 1.165) is 32.1 Å². The van der Waals surface area contributed by atoms with Gasteiger partial charge in [0, 0.05) is 26.1 Å². The maximum Gasteiger partial charge on any atom is 0.313 e. The van der Waals surface area contributed by atoms with Crippen molar-refractivity contribution >= 4 is 11.9 Å². The molecular formula is C21H29NO4. The van der Waals surface area contributed by atoms with Crippen LogP contribution in [0.4, 0.5) is 0 Å². The number of hydrogen-bond donors (Lipinski definition) is 1. The fourth-order valence-corrected chi connectivity index (χ4v) is 4.61. The van der Waals surface area contributed by atoms with Gasteiger partial charge in [-0.1, -0.05) is 30.3 Å². The number of carbonyl (C=O) groups excluding carboxylic acids is 1. The first-order chi connectivity index (χ1) is 12.6. The molecule has 2 aliphatic rings. The number of carboxylic acids is 1. The Balaban J connectivity index is 1.60. The zero-order valence-corrected chi connectivity index (χ0v) is 15.5. The summed E-state index contributed by atoms with van der Waals surface area (Å²) in [5.41, 5.74) is 0.408. The Kier molecular flexibility index (Phi) is 5.97. The van der Waals surface area contributed by atoms with Gasteiger partial charge in [0.1, 0.15) is 5.41 Å². The molecular weight excluding hydrogens is 330 g/mol. The smallest absolute Gasteiger partial charge is 0.313 e. The van der Waals surface area contributed by atoms with Crippen molar-refractivity contribution in [2.24, 2.45) is 11.3 Å². The van der Waals surface area contributed by atoms with Crippen LogP contribution in [-0.4, -0.2) is 48.7 Å². The van der Waals surface area contributed by atoms with Crippen molar-refractivity contribution in [1.82, 2.24) is 4.90 Å². The number of amides is 1. The molecule has 1 unspecified atom stereocenters. The van der Waals surface area contributed by atoms with Crippen LogP contribution >= 0.6 is 0 Å². The van der Waals surface area contributed by atoms with Crippen molar-refractivity contribution in [2.45, 2.75) is 44.4 Å². The lowest BCUT2D eigenvalue weighted by atomic mass is 9.76. The van der Waals surface area contributed by atoms with Gasteiger partial charge in [0.25, 0.3) is 0 Å². The quantitative estimate of drug-likeness (QED) is 0.876. The normalized spacial score (nSPS) is 29.3. The number of benzene rings is 1. The third-order valence-corrected chi connectivity index (χ3v) is 6.11. The highest BCUT2D eigenvalue weighted by Gasteiger charge is 2.45. The molecule has 2 fully saturated rings. The lowest BCUT2D eigenvalue weighted by Crippen LogP contribution is -2.53. The third-order valence-electron chi connectivity index (χ3n) is 6.11. The average molecular weight is 359 g/mol. The predicted octanol–water partition coefficient (Wildman–Crippen LogP) is 3.30. The van der Waals surface area contributed by atoms with Crippen LogP contribution in [0.1, 0.15) is 50.0 Å². The number of nitrogens with zero attached hydrogens (tertiary/aromatic N) is 1. The first kappa shape index (κ1) is 18.9. The summed E-state index contributed by atoms with van der Waals surface area (Å²) < 4.78 is 5.16. The fraction of sp³-hybridized carbons (Fsp3) is 0.619. The molecule has 1 aliphatic heterocycles. The van der Waals surface area contributed by atoms with Crippen molar-refractivity contribution in [3.63, 3.8) is 0 Å². The number of ether oxygens (including phenoxy) is 1. The predicted molar refractivity (Wildman–Crippen MR) is 98.9 cm³/mol. The summed E-state index contributed by atoms with van der Waals surface area (Å²) >= 11 is 0. The van der Waals surface area contributed by atoms with Crippen LogP contribution in [0.2, 0.25) is 0 Å². The maximum atomic E-state index is 13.0. The van der Waals surface area contributed by atoms with Gasteiger partial charge in [-0.05, 0) is 50.0 Å². The fourth-order valence-electron chi connectivity index (χ4n) is 4.61. The van der Waals surface area contributed by atoms with Crippen LogP contribution in [0.25, 0.3) is 0 Å². The van der Waals surface area contributed by atoms with Crippen LogP contribution in [0.5, 0.6) is 0 Å². The summed E-state index contributed by atoms with van der Waals surface area (Å²) in [5, 5.41) is 9.67. The van der Waals surface area contributed by atoms with Gasteiger partial charge in [0.2, 0.25) is 5.91 Å². The molecule has 0 spiro atoms. The maximum absolute atomic E-state index is 13.0. The van der Waals surface area contributed by atoms with Gasteiger partial charge in [0.15, 0.2) is 0 Å². The molecule has 1 amide bonds. The number of hydrogen-bond acceptors (Lipinski definition) is 3. The van der Waals surface area contributed by atoms with E-state index >= 15 is 0 Å². The Hall–Kier alpha value is -1.88. The molecule has 1 aliphatic carbocycles. The number of likely N-dealkylation sites (tertiary alicyclic amines) is 1. The second kappa shape index (κ2) is 8.21. The summed E-state index contributed by atoms with van der Waals surface area (Å²) in [7, 11) is 1.52. The molecule has 5 nitrogen and oxygen atoms in total. The molecule has 3 rings (SSSR count). The Morgan fingerprint density at radius 1 is 1.19 bits per heavy atom. The van der Waals surface area contributed by atoms with E-state index in [9.17, 15) is 14.7 Å². The van der Waals surface area contributed by atoms with E-state index in [-0.39, 0.29) is 25.0 Å².